The third kappa shape index (κ3) is 5.66. The summed E-state index contributed by atoms with van der Waals surface area (Å²) >= 11 is 7.79. The predicted octanol–water partition coefficient (Wildman–Crippen LogP) is 5.10. The minimum absolute atomic E-state index is 0.161. The Morgan fingerprint density at radius 3 is 2.74 bits per heavy atom. The van der Waals surface area contributed by atoms with Crippen LogP contribution in [0.2, 0.25) is 5.28 Å². The van der Waals surface area contributed by atoms with E-state index < -0.39 is 11.7 Å². The van der Waals surface area contributed by atoms with Crippen LogP contribution in [0.25, 0.3) is 10.2 Å². The average Bonchev–Trinajstić information content (AvgIpc) is 3.29. The molecule has 3 rings (SSSR count). The lowest BCUT2D eigenvalue weighted by Gasteiger charge is -2.23. The number of fused-ring (bicyclic) bond motifs is 1. The van der Waals surface area contributed by atoms with E-state index in [1.807, 2.05) is 51.8 Å². The number of amides is 1. The van der Waals surface area contributed by atoms with Gasteiger partial charge in [0.2, 0.25) is 11.2 Å². The van der Waals surface area contributed by atoms with Crippen LogP contribution in [0.4, 0.5) is 16.5 Å². The molecule has 0 bridgehead atoms. The largest absolute Gasteiger partial charge is 0.448 e. The van der Waals surface area contributed by atoms with Crippen LogP contribution in [0.3, 0.4) is 0 Å². The molecule has 0 aromatic carbocycles. The first-order valence-electron chi connectivity index (χ1n) is 9.80. The second-order valence-corrected chi connectivity index (χ2v) is 9.60. The van der Waals surface area contributed by atoms with Crippen molar-refractivity contribution in [1.29, 1.82) is 0 Å². The number of halogens is 1. The summed E-state index contributed by atoms with van der Waals surface area (Å²) in [6.07, 6.45) is 1.69. The number of nitrogens with one attached hydrogen (secondary N) is 1. The maximum atomic E-state index is 12.3. The van der Waals surface area contributed by atoms with E-state index in [0.29, 0.717) is 24.7 Å². The van der Waals surface area contributed by atoms with Crippen LogP contribution in [0.5, 0.6) is 0 Å². The summed E-state index contributed by atoms with van der Waals surface area (Å²) in [6, 6.07) is 3.40. The monoisotopic (exact) mass is 466 g/mol. The smallest absolute Gasteiger partial charge is 0.407 e. The highest BCUT2D eigenvalue weighted by atomic mass is 35.5. The lowest BCUT2D eigenvalue weighted by Crippen LogP contribution is -2.42. The Bertz CT molecular complexity index is 1050. The summed E-state index contributed by atoms with van der Waals surface area (Å²) in [5, 5.41) is 3.06. The van der Waals surface area contributed by atoms with E-state index in [2.05, 4.69) is 15.3 Å². The van der Waals surface area contributed by atoms with E-state index in [0.717, 1.165) is 20.7 Å². The Labute approximate surface area is 190 Å². The molecular formula is C21H27ClN4O4S. The molecule has 0 radical (unpaired) electrons. The number of ether oxygens (including phenoxy) is 2. The van der Waals surface area contributed by atoms with Gasteiger partial charge in [0.25, 0.3) is 0 Å². The van der Waals surface area contributed by atoms with Crippen molar-refractivity contribution in [3.63, 3.8) is 0 Å². The van der Waals surface area contributed by atoms with Crippen LogP contribution in [0, 0.1) is 6.92 Å². The van der Waals surface area contributed by atoms with Gasteiger partial charge in [-0.2, -0.15) is 4.98 Å². The zero-order chi connectivity index (χ0) is 22.8. The van der Waals surface area contributed by atoms with Crippen molar-refractivity contribution in [1.82, 2.24) is 15.3 Å². The van der Waals surface area contributed by atoms with Crippen molar-refractivity contribution in [3.8, 4) is 0 Å². The molecular weight excluding hydrogens is 440 g/mol. The summed E-state index contributed by atoms with van der Waals surface area (Å²) in [5.41, 5.74) is 1.19. The molecule has 8 nitrogen and oxygen atoms in total. The number of nitrogens with zero attached hydrogens (tertiary/aromatic N) is 3. The van der Waals surface area contributed by atoms with E-state index in [9.17, 15) is 4.79 Å². The number of rotatable bonds is 7. The molecule has 10 heteroatoms. The summed E-state index contributed by atoms with van der Waals surface area (Å²) in [5.74, 6) is 1.31. The van der Waals surface area contributed by atoms with Gasteiger partial charge in [-0.15, -0.1) is 11.3 Å². The molecule has 0 aliphatic heterocycles. The van der Waals surface area contributed by atoms with E-state index in [1.54, 1.807) is 24.7 Å². The van der Waals surface area contributed by atoms with Crippen molar-refractivity contribution in [2.75, 3.05) is 25.7 Å². The SMILES string of the molecule is COC[C@@H](Cc1sc2c(N(C)c3ccco3)nc(Cl)nc2c1C)NC(=O)OC(C)(C)C. The first kappa shape index (κ1) is 23.3. The maximum absolute atomic E-state index is 12.3. The molecule has 1 amide bonds. The number of hydrogen-bond acceptors (Lipinski definition) is 8. The lowest BCUT2D eigenvalue weighted by atomic mass is 10.1. The normalized spacial score (nSPS) is 12.7. The van der Waals surface area contributed by atoms with Crippen molar-refractivity contribution in [2.24, 2.45) is 0 Å². The van der Waals surface area contributed by atoms with E-state index in [4.69, 9.17) is 25.5 Å². The molecule has 1 N–H and O–H groups in total. The Hall–Kier alpha value is -2.36. The maximum Gasteiger partial charge on any atom is 0.407 e. The molecule has 3 heterocycles. The first-order valence-corrected chi connectivity index (χ1v) is 11.0. The van der Waals surface area contributed by atoms with Gasteiger partial charge in [0.05, 0.1) is 29.1 Å². The van der Waals surface area contributed by atoms with Gasteiger partial charge >= 0.3 is 6.09 Å². The van der Waals surface area contributed by atoms with Crippen LogP contribution in [0.15, 0.2) is 22.8 Å². The second kappa shape index (κ2) is 9.42. The summed E-state index contributed by atoms with van der Waals surface area (Å²) in [6.45, 7) is 7.82. The molecule has 0 saturated carbocycles. The van der Waals surface area contributed by atoms with Crippen molar-refractivity contribution in [3.05, 3.63) is 34.1 Å². The van der Waals surface area contributed by atoms with Gasteiger partial charge in [0.1, 0.15) is 5.60 Å². The van der Waals surface area contributed by atoms with E-state index in [1.165, 1.54) is 0 Å². The lowest BCUT2D eigenvalue weighted by molar-refractivity contribution is 0.0469. The molecule has 31 heavy (non-hydrogen) atoms. The molecule has 0 fully saturated rings. The zero-order valence-corrected chi connectivity index (χ0v) is 20.1. The molecule has 0 spiro atoms. The Morgan fingerprint density at radius 2 is 2.13 bits per heavy atom. The number of thiophene rings is 1. The first-order chi connectivity index (χ1) is 14.6. The molecule has 0 saturated heterocycles. The van der Waals surface area contributed by atoms with Crippen LogP contribution in [-0.2, 0) is 15.9 Å². The topological polar surface area (TPSA) is 89.7 Å². The third-order valence-corrected chi connectivity index (χ3v) is 5.96. The van der Waals surface area contributed by atoms with Crippen molar-refractivity contribution in [2.45, 2.75) is 45.8 Å². The van der Waals surface area contributed by atoms with Crippen LogP contribution in [-0.4, -0.2) is 48.5 Å². The van der Waals surface area contributed by atoms with Gasteiger partial charge < -0.3 is 19.2 Å². The van der Waals surface area contributed by atoms with Crippen LogP contribution < -0.4 is 10.2 Å². The summed E-state index contributed by atoms with van der Waals surface area (Å²) in [7, 11) is 3.46. The van der Waals surface area contributed by atoms with Gasteiger partial charge in [0.15, 0.2) is 5.82 Å². The Balaban J connectivity index is 1.92. The van der Waals surface area contributed by atoms with Gasteiger partial charge in [-0.05, 0) is 50.9 Å². The highest BCUT2D eigenvalue weighted by Crippen LogP contribution is 2.38. The molecule has 3 aromatic rings. The molecule has 168 valence electrons. The van der Waals surface area contributed by atoms with E-state index in [-0.39, 0.29) is 11.3 Å². The quantitative estimate of drug-likeness (QED) is 0.484. The van der Waals surface area contributed by atoms with Gasteiger partial charge in [-0.25, -0.2) is 9.78 Å². The Morgan fingerprint density at radius 1 is 1.39 bits per heavy atom. The Kier molecular flexibility index (Phi) is 7.08. The summed E-state index contributed by atoms with van der Waals surface area (Å²) < 4.78 is 17.1. The molecule has 0 unspecified atom stereocenters. The minimum Gasteiger partial charge on any atom is -0.448 e. The van der Waals surface area contributed by atoms with Crippen molar-refractivity contribution >= 4 is 50.9 Å². The number of carbonyl (C=O) groups is 1. The highest BCUT2D eigenvalue weighted by molar-refractivity contribution is 7.19. The number of carbonyl (C=O) groups excluding carboxylic acids is 1. The molecule has 0 aliphatic carbocycles. The number of alkyl carbamates (subject to hydrolysis) is 1. The van der Waals surface area contributed by atoms with Gasteiger partial charge in [0, 0.05) is 31.5 Å². The number of methoxy groups -OCH3 is 1. The fourth-order valence-corrected chi connectivity index (χ4v) is 4.64. The van der Waals surface area contributed by atoms with Gasteiger partial charge in [-0.3, -0.25) is 4.90 Å². The van der Waals surface area contributed by atoms with Crippen molar-refractivity contribution < 1.29 is 18.7 Å². The number of furan rings is 1. The van der Waals surface area contributed by atoms with Gasteiger partial charge in [-0.1, -0.05) is 0 Å². The van der Waals surface area contributed by atoms with Crippen LogP contribution >= 0.6 is 22.9 Å². The molecule has 3 aromatic heterocycles. The second-order valence-electron chi connectivity index (χ2n) is 8.16. The minimum atomic E-state index is -0.576. The highest BCUT2D eigenvalue weighted by Gasteiger charge is 2.24. The summed E-state index contributed by atoms with van der Waals surface area (Å²) in [4.78, 5) is 24.0. The number of anilines is 2. The number of aromatic nitrogens is 2. The van der Waals surface area contributed by atoms with E-state index >= 15 is 0 Å². The molecule has 0 aliphatic rings. The standard InChI is InChI=1S/C21H27ClN4O4S/c1-12-14(10-13(11-28-6)23-20(27)30-21(2,3)4)31-17-16(12)24-19(22)25-18(17)26(5)15-8-7-9-29-15/h7-9,13H,10-11H2,1-6H3,(H,23,27)/t13-/m1/s1. The van der Waals surface area contributed by atoms with Crippen LogP contribution in [0.1, 0.15) is 31.2 Å². The average molecular weight is 467 g/mol. The fourth-order valence-electron chi connectivity index (χ4n) is 3.13. The third-order valence-electron chi connectivity index (χ3n) is 4.49. The number of aryl methyl sites for hydroxylation is 1. The zero-order valence-electron chi connectivity index (χ0n) is 18.5. The molecule has 1 atom stereocenters. The fraction of sp³-hybridized carbons (Fsp3) is 0.476. The number of hydrogen-bond donors (Lipinski definition) is 1. The predicted molar refractivity (Wildman–Crippen MR) is 123 cm³/mol.